The number of nitrogens with one attached hydrogen (secondary N) is 1. The summed E-state index contributed by atoms with van der Waals surface area (Å²) in [6.07, 6.45) is 3.16. The highest BCUT2D eigenvalue weighted by Crippen LogP contribution is 2.27. The fourth-order valence-electron chi connectivity index (χ4n) is 1.33. The first-order valence-corrected chi connectivity index (χ1v) is 5.85. The quantitative estimate of drug-likeness (QED) is 0.695. The minimum absolute atomic E-state index is 0.105. The van der Waals surface area contributed by atoms with E-state index in [0.29, 0.717) is 10.3 Å². The Labute approximate surface area is 111 Å². The summed E-state index contributed by atoms with van der Waals surface area (Å²) in [6.45, 7) is 1.91. The molecule has 0 aliphatic rings. The average molecular weight is 309 g/mol. The summed E-state index contributed by atoms with van der Waals surface area (Å²) in [4.78, 5) is 18.5. The third-order valence-electron chi connectivity index (χ3n) is 2.19. The summed E-state index contributed by atoms with van der Waals surface area (Å²) in [5, 5.41) is 13.7. The summed E-state index contributed by atoms with van der Waals surface area (Å²) < 4.78 is 0.552. The van der Waals surface area contributed by atoms with Crippen molar-refractivity contribution in [3.8, 4) is 0 Å². The molecule has 1 N–H and O–H groups in total. The zero-order valence-electron chi connectivity index (χ0n) is 9.42. The predicted octanol–water partition coefficient (Wildman–Crippen LogP) is 3.20. The lowest BCUT2D eigenvalue weighted by Gasteiger charge is -2.05. The van der Waals surface area contributed by atoms with Gasteiger partial charge in [-0.15, -0.1) is 0 Å². The van der Waals surface area contributed by atoms with Crippen LogP contribution in [0.5, 0.6) is 0 Å². The third kappa shape index (κ3) is 2.80. The molecule has 92 valence electrons. The lowest BCUT2D eigenvalue weighted by atomic mass is 10.3. The van der Waals surface area contributed by atoms with E-state index in [4.69, 9.17) is 0 Å². The summed E-state index contributed by atoms with van der Waals surface area (Å²) in [6, 6.07) is 4.99. The minimum Gasteiger partial charge on any atom is -0.319 e. The Balaban J connectivity index is 2.34. The molecular formula is C11H9BrN4O2. The lowest BCUT2D eigenvalue weighted by Crippen LogP contribution is -2.00. The van der Waals surface area contributed by atoms with E-state index in [1.165, 1.54) is 12.3 Å². The number of aromatic nitrogens is 2. The Bertz CT molecular complexity index is 586. The fraction of sp³-hybridized carbons (Fsp3) is 0.0909. The number of halogens is 1. The summed E-state index contributed by atoms with van der Waals surface area (Å²) in [7, 11) is 0. The van der Waals surface area contributed by atoms with Gasteiger partial charge in [-0.1, -0.05) is 6.07 Å². The van der Waals surface area contributed by atoms with E-state index in [9.17, 15) is 10.1 Å². The van der Waals surface area contributed by atoms with Gasteiger partial charge in [0.15, 0.2) is 0 Å². The number of rotatable bonds is 3. The third-order valence-corrected chi connectivity index (χ3v) is 2.62. The Hall–Kier alpha value is -2.02. The van der Waals surface area contributed by atoms with Crippen LogP contribution in [0.4, 0.5) is 17.3 Å². The topological polar surface area (TPSA) is 81.0 Å². The van der Waals surface area contributed by atoms with Gasteiger partial charge in [0.1, 0.15) is 5.82 Å². The highest BCUT2D eigenvalue weighted by molar-refractivity contribution is 9.10. The van der Waals surface area contributed by atoms with Crippen molar-refractivity contribution in [2.75, 3.05) is 5.32 Å². The summed E-state index contributed by atoms with van der Waals surface area (Å²) in [5.74, 6) is 0.679. The molecule has 0 aliphatic carbocycles. The van der Waals surface area contributed by atoms with E-state index in [1.54, 1.807) is 12.3 Å². The van der Waals surface area contributed by atoms with Crippen molar-refractivity contribution in [1.82, 2.24) is 9.97 Å². The molecule has 2 rings (SSSR count). The average Bonchev–Trinajstić information content (AvgIpc) is 2.34. The molecule has 2 aromatic rings. The van der Waals surface area contributed by atoms with Gasteiger partial charge in [-0.05, 0) is 34.5 Å². The van der Waals surface area contributed by atoms with Gasteiger partial charge in [0.2, 0.25) is 5.82 Å². The Morgan fingerprint density at radius 1 is 1.33 bits per heavy atom. The van der Waals surface area contributed by atoms with E-state index in [-0.39, 0.29) is 11.5 Å². The van der Waals surface area contributed by atoms with Crippen LogP contribution in [0.15, 0.2) is 35.1 Å². The Morgan fingerprint density at radius 2 is 2.11 bits per heavy atom. The molecule has 0 fully saturated rings. The molecule has 2 aromatic heterocycles. The SMILES string of the molecule is Cc1ccc(Nc2ncc(Br)cc2[N+](=O)[O-])nc1. The largest absolute Gasteiger partial charge is 0.319 e. The summed E-state index contributed by atoms with van der Waals surface area (Å²) >= 11 is 3.15. The van der Waals surface area contributed by atoms with Crippen molar-refractivity contribution >= 4 is 33.3 Å². The van der Waals surface area contributed by atoms with E-state index in [1.807, 2.05) is 13.0 Å². The van der Waals surface area contributed by atoms with Crippen LogP contribution in [0.25, 0.3) is 0 Å². The van der Waals surface area contributed by atoms with E-state index in [2.05, 4.69) is 31.2 Å². The molecule has 7 heteroatoms. The van der Waals surface area contributed by atoms with Gasteiger partial charge in [0.25, 0.3) is 0 Å². The Morgan fingerprint density at radius 3 is 2.72 bits per heavy atom. The van der Waals surface area contributed by atoms with Gasteiger partial charge < -0.3 is 5.32 Å². The lowest BCUT2D eigenvalue weighted by molar-refractivity contribution is -0.384. The van der Waals surface area contributed by atoms with Crippen molar-refractivity contribution in [3.05, 3.63) is 50.7 Å². The maximum absolute atomic E-state index is 10.9. The number of hydrogen-bond donors (Lipinski definition) is 1. The van der Waals surface area contributed by atoms with Crippen LogP contribution in [0.1, 0.15) is 5.56 Å². The maximum atomic E-state index is 10.9. The fourth-order valence-corrected chi connectivity index (χ4v) is 1.65. The van der Waals surface area contributed by atoms with Gasteiger partial charge >= 0.3 is 5.69 Å². The maximum Gasteiger partial charge on any atom is 0.312 e. The van der Waals surface area contributed by atoms with Crippen LogP contribution >= 0.6 is 15.9 Å². The van der Waals surface area contributed by atoms with Crippen molar-refractivity contribution in [2.45, 2.75) is 6.92 Å². The minimum atomic E-state index is -0.492. The molecule has 2 heterocycles. The highest BCUT2D eigenvalue weighted by atomic mass is 79.9. The standard InChI is InChI=1S/C11H9BrN4O2/c1-7-2-3-10(13-5-7)15-11-9(16(17)18)4-8(12)6-14-11/h2-6H,1H3,(H,13,14,15). The molecule has 0 amide bonds. The predicted molar refractivity (Wildman–Crippen MR) is 70.8 cm³/mol. The molecule has 0 bridgehead atoms. The van der Waals surface area contributed by atoms with Gasteiger partial charge in [-0.25, -0.2) is 9.97 Å². The monoisotopic (exact) mass is 308 g/mol. The second-order valence-corrected chi connectivity index (χ2v) is 4.54. The zero-order chi connectivity index (χ0) is 13.1. The van der Waals surface area contributed by atoms with Crippen LogP contribution in [0, 0.1) is 17.0 Å². The van der Waals surface area contributed by atoms with Crippen LogP contribution in [-0.4, -0.2) is 14.9 Å². The number of anilines is 2. The molecule has 0 aromatic carbocycles. The first kappa shape index (κ1) is 12.4. The molecule has 0 saturated carbocycles. The van der Waals surface area contributed by atoms with Crippen LogP contribution in [0.2, 0.25) is 0 Å². The second-order valence-electron chi connectivity index (χ2n) is 3.62. The molecular weight excluding hydrogens is 300 g/mol. The van der Waals surface area contributed by atoms with E-state index >= 15 is 0 Å². The van der Waals surface area contributed by atoms with Crippen molar-refractivity contribution < 1.29 is 4.92 Å². The van der Waals surface area contributed by atoms with Crippen molar-refractivity contribution in [1.29, 1.82) is 0 Å². The molecule has 0 spiro atoms. The van der Waals surface area contributed by atoms with E-state index in [0.717, 1.165) is 5.56 Å². The first-order valence-electron chi connectivity index (χ1n) is 5.06. The Kier molecular flexibility index (Phi) is 3.52. The molecule has 0 saturated heterocycles. The number of nitro groups is 1. The number of hydrogen-bond acceptors (Lipinski definition) is 5. The molecule has 0 atom stereocenters. The summed E-state index contributed by atoms with van der Waals surface area (Å²) in [5.41, 5.74) is 0.908. The van der Waals surface area contributed by atoms with Gasteiger partial charge in [0.05, 0.1) is 4.92 Å². The molecule has 6 nitrogen and oxygen atoms in total. The number of nitrogens with zero attached hydrogens (tertiary/aromatic N) is 3. The van der Waals surface area contributed by atoms with Crippen molar-refractivity contribution in [2.24, 2.45) is 0 Å². The second kappa shape index (κ2) is 5.09. The van der Waals surface area contributed by atoms with Crippen LogP contribution < -0.4 is 5.32 Å². The molecule has 0 unspecified atom stereocenters. The van der Waals surface area contributed by atoms with Gasteiger partial charge in [-0.2, -0.15) is 0 Å². The van der Waals surface area contributed by atoms with E-state index < -0.39 is 4.92 Å². The van der Waals surface area contributed by atoms with Gasteiger partial charge in [0, 0.05) is 22.9 Å². The normalized spacial score (nSPS) is 10.1. The molecule has 0 aliphatic heterocycles. The highest BCUT2D eigenvalue weighted by Gasteiger charge is 2.16. The number of pyridine rings is 2. The first-order chi connectivity index (χ1) is 8.56. The number of aryl methyl sites for hydroxylation is 1. The zero-order valence-corrected chi connectivity index (χ0v) is 11.0. The van der Waals surface area contributed by atoms with Crippen LogP contribution in [-0.2, 0) is 0 Å². The van der Waals surface area contributed by atoms with Crippen molar-refractivity contribution in [3.63, 3.8) is 0 Å². The smallest absolute Gasteiger partial charge is 0.312 e. The molecule has 18 heavy (non-hydrogen) atoms. The van der Waals surface area contributed by atoms with Crippen LogP contribution in [0.3, 0.4) is 0 Å². The molecule has 0 radical (unpaired) electrons. The van der Waals surface area contributed by atoms with Gasteiger partial charge in [-0.3, -0.25) is 10.1 Å².